The molecular weight excluding hydrogens is 468 g/mol. The van der Waals surface area contributed by atoms with E-state index < -0.39 is 9.84 Å². The second kappa shape index (κ2) is 10.1. The lowest BCUT2D eigenvalue weighted by Gasteiger charge is -2.12. The van der Waals surface area contributed by atoms with Crippen LogP contribution in [0.2, 0.25) is 0 Å². The summed E-state index contributed by atoms with van der Waals surface area (Å²) in [6.45, 7) is 2.24. The zero-order valence-corrected chi connectivity index (χ0v) is 20.7. The number of aryl methyl sites for hydroxylation is 1. The van der Waals surface area contributed by atoms with Crippen molar-refractivity contribution in [1.29, 1.82) is 0 Å². The molecule has 0 amide bonds. The largest absolute Gasteiger partial charge is 0.493 e. The summed E-state index contributed by atoms with van der Waals surface area (Å²) in [5.41, 5.74) is 2.37. The van der Waals surface area contributed by atoms with E-state index >= 15 is 0 Å². The molecule has 1 N–H and O–H groups in total. The summed E-state index contributed by atoms with van der Waals surface area (Å²) in [5.74, 6) is 1.31. The second-order valence-electron chi connectivity index (χ2n) is 7.72. The lowest BCUT2D eigenvalue weighted by molar-refractivity contribution is 0.324. The summed E-state index contributed by atoms with van der Waals surface area (Å²) >= 11 is 0. The van der Waals surface area contributed by atoms with E-state index in [1.54, 1.807) is 36.4 Å². The third kappa shape index (κ3) is 4.95. The zero-order chi connectivity index (χ0) is 25.0. The molecule has 4 aromatic rings. The Hall–Kier alpha value is -3.98. The first kappa shape index (κ1) is 24.2. The van der Waals surface area contributed by atoms with Crippen LogP contribution in [0.15, 0.2) is 81.1 Å². The van der Waals surface area contributed by atoms with Crippen molar-refractivity contribution < 1.29 is 27.0 Å². The van der Waals surface area contributed by atoms with Gasteiger partial charge in [0.1, 0.15) is 0 Å². The van der Waals surface area contributed by atoms with Gasteiger partial charge in [0, 0.05) is 12.1 Å². The Morgan fingerprint density at radius 3 is 2.09 bits per heavy atom. The Bertz CT molecular complexity index is 1390. The smallest absolute Gasteiger partial charge is 0.234 e. The fraction of sp³-hybridized carbons (Fsp3) is 0.192. The zero-order valence-electron chi connectivity index (χ0n) is 19.9. The third-order valence-electron chi connectivity index (χ3n) is 5.39. The van der Waals surface area contributed by atoms with Crippen LogP contribution in [-0.4, -0.2) is 34.7 Å². The van der Waals surface area contributed by atoms with E-state index in [2.05, 4.69) is 10.3 Å². The van der Waals surface area contributed by atoms with E-state index in [0.29, 0.717) is 29.4 Å². The van der Waals surface area contributed by atoms with Gasteiger partial charge in [-0.3, -0.25) is 0 Å². The maximum Gasteiger partial charge on any atom is 0.234 e. The average molecular weight is 495 g/mol. The maximum atomic E-state index is 13.5. The quantitative estimate of drug-likeness (QED) is 0.342. The van der Waals surface area contributed by atoms with Crippen LogP contribution >= 0.6 is 0 Å². The molecule has 9 heteroatoms. The summed E-state index contributed by atoms with van der Waals surface area (Å²) in [4.78, 5) is 4.52. The van der Waals surface area contributed by atoms with Gasteiger partial charge in [0.25, 0.3) is 0 Å². The number of aromatic nitrogens is 1. The molecule has 0 spiro atoms. The molecule has 0 aliphatic heterocycles. The number of nitrogens with one attached hydrogen (secondary N) is 1. The Morgan fingerprint density at radius 1 is 0.886 bits per heavy atom. The predicted octanol–water partition coefficient (Wildman–Crippen LogP) is 5.12. The number of ether oxygens (including phenoxy) is 3. The number of benzene rings is 3. The van der Waals surface area contributed by atoms with Crippen molar-refractivity contribution in [2.24, 2.45) is 0 Å². The molecule has 0 aliphatic rings. The van der Waals surface area contributed by atoms with E-state index in [1.807, 2.05) is 37.3 Å². The van der Waals surface area contributed by atoms with Gasteiger partial charge in [-0.05, 0) is 36.8 Å². The normalized spacial score (nSPS) is 11.2. The molecule has 0 atom stereocenters. The van der Waals surface area contributed by atoms with Crippen molar-refractivity contribution in [3.63, 3.8) is 0 Å². The van der Waals surface area contributed by atoms with E-state index in [0.717, 1.165) is 11.1 Å². The highest BCUT2D eigenvalue weighted by molar-refractivity contribution is 7.91. The number of oxazole rings is 1. The molecule has 4 rings (SSSR count). The second-order valence-corrected chi connectivity index (χ2v) is 9.59. The summed E-state index contributed by atoms with van der Waals surface area (Å²) in [6, 6.07) is 19.5. The fourth-order valence-electron chi connectivity index (χ4n) is 3.54. The minimum absolute atomic E-state index is 0.0400. The number of anilines is 1. The summed E-state index contributed by atoms with van der Waals surface area (Å²) in [7, 11) is 0.520. The monoisotopic (exact) mass is 494 g/mol. The maximum absolute atomic E-state index is 13.5. The number of hydrogen-bond acceptors (Lipinski definition) is 8. The Kier molecular flexibility index (Phi) is 6.97. The number of methoxy groups -OCH3 is 3. The van der Waals surface area contributed by atoms with Gasteiger partial charge < -0.3 is 23.9 Å². The van der Waals surface area contributed by atoms with Gasteiger partial charge in [0.15, 0.2) is 11.5 Å². The molecule has 0 aliphatic carbocycles. The number of hydrogen-bond donors (Lipinski definition) is 1. The van der Waals surface area contributed by atoms with Crippen molar-refractivity contribution in [3.05, 3.63) is 77.9 Å². The van der Waals surface area contributed by atoms with Gasteiger partial charge in [0.2, 0.25) is 32.4 Å². The van der Waals surface area contributed by atoms with Crippen LogP contribution in [0.25, 0.3) is 11.5 Å². The third-order valence-corrected chi connectivity index (χ3v) is 7.07. The fourth-order valence-corrected chi connectivity index (χ4v) is 4.81. The van der Waals surface area contributed by atoms with Crippen molar-refractivity contribution in [1.82, 2.24) is 4.98 Å². The van der Waals surface area contributed by atoms with Crippen LogP contribution in [0.5, 0.6) is 17.2 Å². The lowest BCUT2D eigenvalue weighted by atomic mass is 10.2. The van der Waals surface area contributed by atoms with E-state index in [9.17, 15) is 8.42 Å². The Labute approximate surface area is 204 Å². The summed E-state index contributed by atoms with van der Waals surface area (Å²) < 4.78 is 49.3. The van der Waals surface area contributed by atoms with E-state index in [-0.39, 0.29) is 21.7 Å². The molecule has 35 heavy (non-hydrogen) atoms. The molecule has 0 fully saturated rings. The van der Waals surface area contributed by atoms with E-state index in [1.165, 1.54) is 21.3 Å². The van der Waals surface area contributed by atoms with Gasteiger partial charge in [-0.15, -0.1) is 0 Å². The molecule has 0 radical (unpaired) electrons. The minimum Gasteiger partial charge on any atom is -0.493 e. The molecule has 0 saturated heterocycles. The summed E-state index contributed by atoms with van der Waals surface area (Å²) in [5, 5.41) is 2.88. The molecule has 1 aromatic heterocycles. The van der Waals surface area contributed by atoms with Gasteiger partial charge >= 0.3 is 0 Å². The predicted molar refractivity (Wildman–Crippen MR) is 132 cm³/mol. The number of sulfone groups is 1. The van der Waals surface area contributed by atoms with Crippen LogP contribution in [0, 0.1) is 6.92 Å². The highest BCUT2D eigenvalue weighted by atomic mass is 32.2. The van der Waals surface area contributed by atoms with Gasteiger partial charge in [0.05, 0.1) is 26.2 Å². The molecule has 8 nitrogen and oxygen atoms in total. The number of rotatable bonds is 9. The first-order valence-electron chi connectivity index (χ1n) is 10.8. The first-order chi connectivity index (χ1) is 16.9. The highest BCUT2D eigenvalue weighted by Crippen LogP contribution is 2.42. The van der Waals surface area contributed by atoms with Gasteiger partial charge in [-0.2, -0.15) is 4.98 Å². The Balaban J connectivity index is 1.83. The van der Waals surface area contributed by atoms with Gasteiger partial charge in [-0.25, -0.2) is 8.42 Å². The minimum atomic E-state index is -3.98. The van der Waals surface area contributed by atoms with E-state index in [4.69, 9.17) is 18.6 Å². The van der Waals surface area contributed by atoms with Gasteiger partial charge in [-0.1, -0.05) is 48.0 Å². The SMILES string of the molecule is COc1cc(-c2nc(S(=O)(=O)c3ccc(C)cc3)c(NCc3ccccc3)o2)cc(OC)c1OC. The molecule has 3 aromatic carbocycles. The van der Waals surface area contributed by atoms with Crippen LogP contribution in [0.3, 0.4) is 0 Å². The molecule has 1 heterocycles. The average Bonchev–Trinajstić information content (AvgIpc) is 3.32. The van der Waals surface area contributed by atoms with Crippen LogP contribution in [0.1, 0.15) is 11.1 Å². The molecule has 182 valence electrons. The molecular formula is C26H26N2O6S. The van der Waals surface area contributed by atoms with Crippen molar-refractivity contribution >= 4 is 15.7 Å². The molecule has 0 saturated carbocycles. The number of nitrogens with zero attached hydrogens (tertiary/aromatic N) is 1. The van der Waals surface area contributed by atoms with Crippen molar-refractivity contribution in [3.8, 4) is 28.7 Å². The highest BCUT2D eigenvalue weighted by Gasteiger charge is 2.29. The van der Waals surface area contributed by atoms with Crippen LogP contribution in [-0.2, 0) is 16.4 Å². The van der Waals surface area contributed by atoms with Crippen molar-refractivity contribution in [2.45, 2.75) is 23.4 Å². The Morgan fingerprint density at radius 2 is 1.51 bits per heavy atom. The molecule has 0 bridgehead atoms. The van der Waals surface area contributed by atoms with Crippen LogP contribution in [0.4, 0.5) is 5.88 Å². The molecule has 0 unspecified atom stereocenters. The lowest BCUT2D eigenvalue weighted by Crippen LogP contribution is -2.07. The van der Waals surface area contributed by atoms with Crippen molar-refractivity contribution in [2.75, 3.05) is 26.6 Å². The summed E-state index contributed by atoms with van der Waals surface area (Å²) in [6.07, 6.45) is 0. The standard InChI is InChI=1S/C26H26N2O6S/c1-17-10-12-20(13-11-17)35(29,30)26-25(27-16-18-8-6-5-7-9-18)34-24(28-26)19-14-21(31-2)23(33-4)22(15-19)32-3/h5-15,27H,16H2,1-4H3. The van der Waals surface area contributed by atoms with Crippen LogP contribution < -0.4 is 19.5 Å². The topological polar surface area (TPSA) is 99.9 Å². The first-order valence-corrected chi connectivity index (χ1v) is 12.3.